The van der Waals surface area contributed by atoms with Crippen molar-refractivity contribution in [3.63, 3.8) is 0 Å². The van der Waals surface area contributed by atoms with Gasteiger partial charge in [0.05, 0.1) is 38.7 Å². The van der Waals surface area contributed by atoms with Crippen molar-refractivity contribution in [2.75, 3.05) is 0 Å². The van der Waals surface area contributed by atoms with Crippen LogP contribution in [0.4, 0.5) is 0 Å². The second kappa shape index (κ2) is 10.9. The van der Waals surface area contributed by atoms with Gasteiger partial charge in [0.25, 0.3) is 0 Å². The van der Waals surface area contributed by atoms with Gasteiger partial charge in [-0.3, -0.25) is 4.57 Å². The molecule has 252 valence electrons. The molecule has 0 N–H and O–H groups in total. The van der Waals surface area contributed by atoms with Crippen LogP contribution >= 0.6 is 0 Å². The fourth-order valence-electron chi connectivity index (χ4n) is 8.85. The molecule has 0 atom stereocenters. The number of hydrogen-bond donors (Lipinski definition) is 0. The van der Waals surface area contributed by atoms with Gasteiger partial charge in [-0.15, -0.1) is 0 Å². The smallest absolute Gasteiger partial charge is 0.235 e. The summed E-state index contributed by atoms with van der Waals surface area (Å²) in [6.07, 6.45) is 0. The van der Waals surface area contributed by atoms with Crippen LogP contribution in [0, 0.1) is 6.92 Å². The fourth-order valence-corrected chi connectivity index (χ4v) is 8.85. The highest BCUT2D eigenvalue weighted by Gasteiger charge is 2.25. The number of rotatable bonds is 3. The second-order valence-corrected chi connectivity index (χ2v) is 14.2. The highest BCUT2D eigenvalue weighted by atomic mass is 16.3. The molecular weight excluding hydrogens is 661 g/mol. The fraction of sp³-hybridized carbons (Fsp3) is 0.0204. The van der Waals surface area contributed by atoms with E-state index < -0.39 is 0 Å². The first-order chi connectivity index (χ1) is 26.7. The van der Waals surface area contributed by atoms with Crippen molar-refractivity contribution in [2.24, 2.45) is 0 Å². The third-order valence-electron chi connectivity index (χ3n) is 11.2. The third kappa shape index (κ3) is 3.98. The second-order valence-electron chi connectivity index (χ2n) is 14.2. The SMILES string of the molecule is Cc1ccccc1-n1c2ccc3c4ccccc4n(-c4nc(-c5ccc6ccccc6c5)c5ccccc5n4)c3c2c2ccc3oc4ccccc4c3c21. The summed E-state index contributed by atoms with van der Waals surface area (Å²) in [5.41, 5.74) is 11.3. The minimum absolute atomic E-state index is 0.641. The number of para-hydroxylation sites is 4. The molecule has 0 aliphatic rings. The van der Waals surface area contributed by atoms with Gasteiger partial charge in [-0.25, -0.2) is 9.97 Å². The minimum atomic E-state index is 0.641. The Bertz CT molecular complexity index is 3530. The van der Waals surface area contributed by atoms with Gasteiger partial charge in [0.15, 0.2) is 0 Å². The lowest BCUT2D eigenvalue weighted by Gasteiger charge is -2.13. The molecule has 0 aliphatic heterocycles. The van der Waals surface area contributed by atoms with Crippen molar-refractivity contribution in [1.29, 1.82) is 0 Å². The molecule has 0 spiro atoms. The van der Waals surface area contributed by atoms with Crippen LogP contribution in [-0.4, -0.2) is 19.1 Å². The minimum Gasteiger partial charge on any atom is -0.456 e. The van der Waals surface area contributed by atoms with Crippen LogP contribution in [0.1, 0.15) is 5.56 Å². The zero-order chi connectivity index (χ0) is 35.5. The van der Waals surface area contributed by atoms with E-state index in [0.717, 1.165) is 93.4 Å². The van der Waals surface area contributed by atoms with E-state index in [1.165, 1.54) is 16.3 Å². The maximum Gasteiger partial charge on any atom is 0.235 e. The van der Waals surface area contributed by atoms with E-state index in [2.05, 4.69) is 174 Å². The van der Waals surface area contributed by atoms with E-state index in [1.54, 1.807) is 0 Å². The van der Waals surface area contributed by atoms with E-state index in [9.17, 15) is 0 Å². The average Bonchev–Trinajstić information content (AvgIpc) is 3.88. The predicted molar refractivity (Wildman–Crippen MR) is 223 cm³/mol. The van der Waals surface area contributed by atoms with Crippen molar-refractivity contribution in [3.8, 4) is 22.9 Å². The zero-order valence-corrected chi connectivity index (χ0v) is 29.3. The molecule has 0 saturated carbocycles. The lowest BCUT2D eigenvalue weighted by Crippen LogP contribution is -2.03. The molecule has 8 aromatic carbocycles. The first-order valence-corrected chi connectivity index (χ1v) is 18.3. The molecule has 0 aliphatic carbocycles. The summed E-state index contributed by atoms with van der Waals surface area (Å²) in [6.45, 7) is 2.19. The Morgan fingerprint density at radius 1 is 0.463 bits per heavy atom. The van der Waals surface area contributed by atoms with Crippen LogP contribution in [-0.2, 0) is 0 Å². The van der Waals surface area contributed by atoms with Crippen LogP contribution in [0.5, 0.6) is 0 Å². The maximum atomic E-state index is 6.49. The van der Waals surface area contributed by atoms with Crippen molar-refractivity contribution >= 4 is 87.2 Å². The summed E-state index contributed by atoms with van der Waals surface area (Å²) >= 11 is 0. The Labute approximate surface area is 308 Å². The van der Waals surface area contributed by atoms with Crippen LogP contribution in [0.15, 0.2) is 168 Å². The first-order valence-electron chi connectivity index (χ1n) is 18.3. The molecule has 0 saturated heterocycles. The largest absolute Gasteiger partial charge is 0.456 e. The Kier molecular flexibility index (Phi) is 5.92. The Morgan fingerprint density at radius 3 is 2.09 bits per heavy atom. The molecule has 0 bridgehead atoms. The number of benzene rings is 8. The monoisotopic (exact) mass is 690 g/mol. The summed E-state index contributed by atoms with van der Waals surface area (Å²) in [5, 5.41) is 10.2. The van der Waals surface area contributed by atoms with Crippen LogP contribution < -0.4 is 0 Å². The number of aromatic nitrogens is 4. The third-order valence-corrected chi connectivity index (χ3v) is 11.2. The molecule has 5 nitrogen and oxygen atoms in total. The van der Waals surface area contributed by atoms with E-state index in [0.29, 0.717) is 5.95 Å². The van der Waals surface area contributed by atoms with E-state index in [-0.39, 0.29) is 0 Å². The highest BCUT2D eigenvalue weighted by molar-refractivity contribution is 6.31. The summed E-state index contributed by atoms with van der Waals surface area (Å²) in [6, 6.07) is 58.0. The van der Waals surface area contributed by atoms with Gasteiger partial charge < -0.3 is 8.98 Å². The quantitative estimate of drug-likeness (QED) is 0.185. The van der Waals surface area contributed by atoms with E-state index in [1.807, 2.05) is 6.07 Å². The summed E-state index contributed by atoms with van der Waals surface area (Å²) in [7, 11) is 0. The standard InChI is InChI=1S/C49H30N4O/c1-29-12-2-9-19-39(29)52-41-26-24-34-33-15-6-10-20-40(33)53(47(34)44(41)37-25-27-43-45(48(37)52)36-17-7-11-21-42(36)54-43)49-50-38-18-8-5-16-35(38)46(51-49)32-23-22-30-13-3-4-14-31(30)28-32/h2-28H,1H3. The van der Waals surface area contributed by atoms with Crippen LogP contribution in [0.25, 0.3) is 110 Å². The number of hydrogen-bond acceptors (Lipinski definition) is 3. The van der Waals surface area contributed by atoms with Crippen molar-refractivity contribution in [2.45, 2.75) is 6.92 Å². The summed E-state index contributed by atoms with van der Waals surface area (Å²) < 4.78 is 11.2. The van der Waals surface area contributed by atoms with Gasteiger partial charge in [-0.1, -0.05) is 115 Å². The van der Waals surface area contributed by atoms with Gasteiger partial charge in [0.2, 0.25) is 5.95 Å². The molecule has 0 radical (unpaired) electrons. The number of fused-ring (bicyclic) bond motifs is 13. The number of nitrogens with zero attached hydrogens (tertiary/aromatic N) is 4. The Morgan fingerprint density at radius 2 is 1.19 bits per heavy atom. The normalized spacial score (nSPS) is 12.2. The summed E-state index contributed by atoms with van der Waals surface area (Å²) in [5.74, 6) is 0.641. The van der Waals surface area contributed by atoms with Gasteiger partial charge in [0, 0.05) is 43.6 Å². The van der Waals surface area contributed by atoms with Crippen LogP contribution in [0.2, 0.25) is 0 Å². The lowest BCUT2D eigenvalue weighted by molar-refractivity contribution is 0.669. The number of aryl methyl sites for hydroxylation is 1. The zero-order valence-electron chi connectivity index (χ0n) is 29.3. The molecule has 4 heterocycles. The molecule has 0 amide bonds. The molecule has 12 aromatic rings. The molecule has 12 rings (SSSR count). The molecule has 54 heavy (non-hydrogen) atoms. The topological polar surface area (TPSA) is 48.8 Å². The molecule has 4 aromatic heterocycles. The van der Waals surface area contributed by atoms with Crippen molar-refractivity contribution in [3.05, 3.63) is 169 Å². The Balaban J connectivity index is 1.28. The number of furan rings is 1. The van der Waals surface area contributed by atoms with E-state index >= 15 is 0 Å². The van der Waals surface area contributed by atoms with E-state index in [4.69, 9.17) is 14.4 Å². The first kappa shape index (κ1) is 29.3. The predicted octanol–water partition coefficient (Wildman–Crippen LogP) is 12.9. The van der Waals surface area contributed by atoms with Gasteiger partial charge in [0.1, 0.15) is 11.2 Å². The maximum absolute atomic E-state index is 6.49. The average molecular weight is 691 g/mol. The lowest BCUT2D eigenvalue weighted by atomic mass is 10.0. The van der Waals surface area contributed by atoms with Crippen LogP contribution in [0.3, 0.4) is 0 Å². The van der Waals surface area contributed by atoms with Gasteiger partial charge in [-0.2, -0.15) is 0 Å². The molecule has 5 heteroatoms. The Hall–Kier alpha value is -7.24. The molecular formula is C49H30N4O. The van der Waals surface area contributed by atoms with Gasteiger partial charge in [-0.05, 0) is 71.8 Å². The summed E-state index contributed by atoms with van der Waals surface area (Å²) in [4.78, 5) is 10.8. The molecule has 0 unspecified atom stereocenters. The highest BCUT2D eigenvalue weighted by Crippen LogP contribution is 2.46. The van der Waals surface area contributed by atoms with Gasteiger partial charge >= 0.3 is 0 Å². The van der Waals surface area contributed by atoms with Crippen molar-refractivity contribution < 1.29 is 4.42 Å². The van der Waals surface area contributed by atoms with Crippen molar-refractivity contribution in [1.82, 2.24) is 19.1 Å². The molecule has 0 fully saturated rings.